The van der Waals surface area contributed by atoms with Gasteiger partial charge in [0, 0.05) is 18.4 Å². The molecule has 1 amide bonds. The quantitative estimate of drug-likeness (QED) is 0.772. The van der Waals surface area contributed by atoms with Crippen LogP contribution in [-0.4, -0.2) is 43.0 Å². The summed E-state index contributed by atoms with van der Waals surface area (Å²) in [5.41, 5.74) is 2.74. The highest BCUT2D eigenvalue weighted by molar-refractivity contribution is 5.94. The maximum absolute atomic E-state index is 12.0. The average molecular weight is 312 g/mol. The molecule has 2 aromatic rings. The normalized spacial score (nSPS) is 10.6. The van der Waals surface area contributed by atoms with Crippen molar-refractivity contribution in [2.24, 2.45) is 0 Å². The van der Waals surface area contributed by atoms with Crippen molar-refractivity contribution in [2.75, 3.05) is 32.5 Å². The molecule has 2 rings (SSSR count). The number of carbonyl (C=O) groups is 1. The maximum Gasteiger partial charge on any atom is 0.252 e. The average Bonchev–Trinajstić information content (AvgIpc) is 2.54. The molecule has 0 aliphatic rings. The minimum Gasteiger partial charge on any atom is -0.352 e. The third kappa shape index (κ3) is 5.38. The summed E-state index contributed by atoms with van der Waals surface area (Å²) >= 11 is 0. The van der Waals surface area contributed by atoms with Crippen LogP contribution in [0.4, 0.5) is 11.5 Å². The number of hydrogen-bond acceptors (Lipinski definition) is 4. The topological polar surface area (TPSA) is 57.3 Å². The highest BCUT2D eigenvalue weighted by Gasteiger charge is 2.06. The molecule has 23 heavy (non-hydrogen) atoms. The molecule has 0 unspecified atom stereocenters. The molecular weight excluding hydrogens is 288 g/mol. The van der Waals surface area contributed by atoms with E-state index in [2.05, 4.69) is 20.5 Å². The van der Waals surface area contributed by atoms with Crippen molar-refractivity contribution >= 4 is 17.4 Å². The van der Waals surface area contributed by atoms with E-state index in [1.807, 2.05) is 51.4 Å². The van der Waals surface area contributed by atoms with Crippen LogP contribution in [0.2, 0.25) is 0 Å². The predicted molar refractivity (Wildman–Crippen MR) is 94.2 cm³/mol. The largest absolute Gasteiger partial charge is 0.352 e. The van der Waals surface area contributed by atoms with Crippen LogP contribution >= 0.6 is 0 Å². The molecular formula is C18H24N4O. The molecule has 1 heterocycles. The van der Waals surface area contributed by atoms with E-state index in [1.165, 1.54) is 0 Å². The third-order valence-electron chi connectivity index (χ3n) is 3.50. The van der Waals surface area contributed by atoms with Crippen molar-refractivity contribution in [2.45, 2.75) is 13.3 Å². The third-order valence-corrected chi connectivity index (χ3v) is 3.50. The second-order valence-corrected chi connectivity index (χ2v) is 5.78. The number of benzene rings is 1. The summed E-state index contributed by atoms with van der Waals surface area (Å²) in [5, 5.41) is 6.16. The van der Waals surface area contributed by atoms with Crippen molar-refractivity contribution in [1.82, 2.24) is 15.2 Å². The molecule has 122 valence electrons. The maximum atomic E-state index is 12.0. The van der Waals surface area contributed by atoms with Crippen LogP contribution in [0.15, 0.2) is 42.6 Å². The number of aromatic nitrogens is 1. The Morgan fingerprint density at radius 1 is 1.17 bits per heavy atom. The van der Waals surface area contributed by atoms with Gasteiger partial charge in [0.25, 0.3) is 5.91 Å². The van der Waals surface area contributed by atoms with Gasteiger partial charge < -0.3 is 15.5 Å². The summed E-state index contributed by atoms with van der Waals surface area (Å²) < 4.78 is 0. The number of aryl methyl sites for hydroxylation is 1. The second kappa shape index (κ2) is 8.29. The lowest BCUT2D eigenvalue weighted by Gasteiger charge is -2.10. The van der Waals surface area contributed by atoms with Crippen LogP contribution in [0.5, 0.6) is 0 Å². The smallest absolute Gasteiger partial charge is 0.252 e. The zero-order valence-electron chi connectivity index (χ0n) is 14.0. The zero-order valence-corrected chi connectivity index (χ0v) is 14.0. The molecule has 0 atom stereocenters. The first kappa shape index (κ1) is 17.0. The van der Waals surface area contributed by atoms with E-state index in [1.54, 1.807) is 12.3 Å². The van der Waals surface area contributed by atoms with Crippen LogP contribution in [0.1, 0.15) is 22.3 Å². The number of rotatable bonds is 7. The van der Waals surface area contributed by atoms with Crippen LogP contribution < -0.4 is 10.6 Å². The number of carbonyl (C=O) groups excluding carboxylic acids is 1. The van der Waals surface area contributed by atoms with Gasteiger partial charge in [-0.25, -0.2) is 4.98 Å². The van der Waals surface area contributed by atoms with Gasteiger partial charge >= 0.3 is 0 Å². The number of anilines is 2. The molecule has 2 N–H and O–H groups in total. The molecule has 0 saturated heterocycles. The lowest BCUT2D eigenvalue weighted by molar-refractivity contribution is 0.0952. The molecule has 5 heteroatoms. The molecule has 0 saturated carbocycles. The van der Waals surface area contributed by atoms with E-state index >= 15 is 0 Å². The van der Waals surface area contributed by atoms with E-state index in [-0.39, 0.29) is 5.91 Å². The molecule has 0 aliphatic heterocycles. The number of para-hydroxylation sites is 1. The van der Waals surface area contributed by atoms with Gasteiger partial charge in [-0.15, -0.1) is 0 Å². The predicted octanol–water partition coefficient (Wildman–Crippen LogP) is 2.82. The van der Waals surface area contributed by atoms with Crippen LogP contribution in [-0.2, 0) is 0 Å². The van der Waals surface area contributed by atoms with Crippen molar-refractivity contribution in [1.29, 1.82) is 0 Å². The van der Waals surface area contributed by atoms with E-state index in [9.17, 15) is 4.79 Å². The zero-order chi connectivity index (χ0) is 16.7. The highest BCUT2D eigenvalue weighted by Crippen LogP contribution is 2.18. The van der Waals surface area contributed by atoms with Gasteiger partial charge in [0.2, 0.25) is 0 Å². The minimum absolute atomic E-state index is 0.0845. The summed E-state index contributed by atoms with van der Waals surface area (Å²) in [5.74, 6) is 0.641. The molecule has 0 aliphatic carbocycles. The van der Waals surface area contributed by atoms with E-state index in [4.69, 9.17) is 0 Å². The SMILES string of the molecule is Cc1ccccc1Nc1ccc(C(=O)NCCCN(C)C)cn1. The standard InChI is InChI=1S/C18H24N4O/c1-14-7-4-5-8-16(14)21-17-10-9-15(13-20-17)18(23)19-11-6-12-22(2)3/h4-5,7-10,13H,6,11-12H2,1-3H3,(H,19,23)(H,20,21). The first-order valence-corrected chi connectivity index (χ1v) is 7.78. The fourth-order valence-electron chi connectivity index (χ4n) is 2.15. The Hall–Kier alpha value is -2.40. The van der Waals surface area contributed by atoms with Crippen LogP contribution in [0.3, 0.4) is 0 Å². The molecule has 1 aromatic carbocycles. The lowest BCUT2D eigenvalue weighted by Crippen LogP contribution is -2.27. The molecule has 0 bridgehead atoms. The monoisotopic (exact) mass is 312 g/mol. The first-order chi connectivity index (χ1) is 11.1. The Labute approximate surface area is 137 Å². The van der Waals surface area contributed by atoms with Gasteiger partial charge in [-0.05, 0) is 57.7 Å². The van der Waals surface area contributed by atoms with Gasteiger partial charge in [0.05, 0.1) is 5.56 Å². The number of hydrogen-bond donors (Lipinski definition) is 2. The highest BCUT2D eigenvalue weighted by atomic mass is 16.1. The number of nitrogens with zero attached hydrogens (tertiary/aromatic N) is 2. The molecule has 5 nitrogen and oxygen atoms in total. The summed E-state index contributed by atoms with van der Waals surface area (Å²) in [7, 11) is 4.04. The molecule has 0 spiro atoms. The summed E-state index contributed by atoms with van der Waals surface area (Å²) in [4.78, 5) is 18.4. The van der Waals surface area contributed by atoms with E-state index < -0.39 is 0 Å². The fraction of sp³-hybridized carbons (Fsp3) is 0.333. The minimum atomic E-state index is -0.0845. The Balaban J connectivity index is 1.89. The van der Waals surface area contributed by atoms with Gasteiger partial charge in [-0.1, -0.05) is 18.2 Å². The van der Waals surface area contributed by atoms with Gasteiger partial charge in [-0.3, -0.25) is 4.79 Å². The van der Waals surface area contributed by atoms with Gasteiger partial charge in [0.15, 0.2) is 0 Å². The second-order valence-electron chi connectivity index (χ2n) is 5.78. The van der Waals surface area contributed by atoms with Gasteiger partial charge in [-0.2, -0.15) is 0 Å². The van der Waals surface area contributed by atoms with Crippen molar-refractivity contribution in [3.8, 4) is 0 Å². The number of pyridine rings is 1. The summed E-state index contributed by atoms with van der Waals surface area (Å²) in [6, 6.07) is 11.6. The van der Waals surface area contributed by atoms with Crippen molar-refractivity contribution in [3.05, 3.63) is 53.7 Å². The number of nitrogens with one attached hydrogen (secondary N) is 2. The van der Waals surface area contributed by atoms with E-state index in [0.717, 1.165) is 30.0 Å². The fourth-order valence-corrected chi connectivity index (χ4v) is 2.15. The van der Waals surface area contributed by atoms with Gasteiger partial charge in [0.1, 0.15) is 5.82 Å². The first-order valence-electron chi connectivity index (χ1n) is 7.78. The Morgan fingerprint density at radius 3 is 2.61 bits per heavy atom. The Morgan fingerprint density at radius 2 is 1.96 bits per heavy atom. The van der Waals surface area contributed by atoms with E-state index in [0.29, 0.717) is 12.1 Å². The summed E-state index contributed by atoms with van der Waals surface area (Å²) in [6.07, 6.45) is 2.53. The van der Waals surface area contributed by atoms with Crippen LogP contribution in [0, 0.1) is 6.92 Å². The molecule has 0 radical (unpaired) electrons. The summed E-state index contributed by atoms with van der Waals surface area (Å²) in [6.45, 7) is 3.66. The van der Waals surface area contributed by atoms with Crippen LogP contribution in [0.25, 0.3) is 0 Å². The van der Waals surface area contributed by atoms with Crippen molar-refractivity contribution in [3.63, 3.8) is 0 Å². The Kier molecular flexibility index (Phi) is 6.11. The Bertz CT molecular complexity index is 638. The lowest BCUT2D eigenvalue weighted by atomic mass is 10.2. The molecule has 0 fully saturated rings. The molecule has 1 aromatic heterocycles. The number of amides is 1. The van der Waals surface area contributed by atoms with Crippen molar-refractivity contribution < 1.29 is 4.79 Å².